The number of sulfonamides is 1. The summed E-state index contributed by atoms with van der Waals surface area (Å²) >= 11 is 18.4. The lowest BCUT2D eigenvalue weighted by molar-refractivity contribution is 0.583. The highest BCUT2D eigenvalue weighted by molar-refractivity contribution is 7.91. The Morgan fingerprint density at radius 3 is 2.21 bits per heavy atom. The monoisotopic (exact) mass is 355 g/mol. The number of thiophene rings is 1. The van der Waals surface area contributed by atoms with Gasteiger partial charge in [0.05, 0.1) is 4.34 Å². The third-order valence-corrected chi connectivity index (χ3v) is 5.76. The number of hydrogen-bond acceptors (Lipinski definition) is 3. The van der Waals surface area contributed by atoms with E-state index in [1.807, 2.05) is 0 Å². The van der Waals surface area contributed by atoms with Gasteiger partial charge in [0.1, 0.15) is 4.21 Å². The van der Waals surface area contributed by atoms with E-state index in [1.165, 1.54) is 12.1 Å². The van der Waals surface area contributed by atoms with Crippen LogP contribution in [0.15, 0.2) is 34.5 Å². The summed E-state index contributed by atoms with van der Waals surface area (Å²) < 4.78 is 27.0. The van der Waals surface area contributed by atoms with E-state index < -0.39 is 10.0 Å². The van der Waals surface area contributed by atoms with Gasteiger partial charge in [0, 0.05) is 16.6 Å². The molecule has 2 rings (SSSR count). The fourth-order valence-corrected chi connectivity index (χ4v) is 4.52. The Hall–Kier alpha value is -0.300. The predicted octanol–water partition coefficient (Wildman–Crippen LogP) is 4.19. The molecule has 0 unspecified atom stereocenters. The molecule has 0 bridgehead atoms. The van der Waals surface area contributed by atoms with Crippen LogP contribution in [0.25, 0.3) is 0 Å². The maximum absolute atomic E-state index is 12.0. The minimum absolute atomic E-state index is 0.109. The Morgan fingerprint density at radius 1 is 1.05 bits per heavy atom. The van der Waals surface area contributed by atoms with E-state index in [-0.39, 0.29) is 10.8 Å². The topological polar surface area (TPSA) is 46.2 Å². The van der Waals surface area contributed by atoms with Crippen LogP contribution in [-0.2, 0) is 16.6 Å². The van der Waals surface area contributed by atoms with Crippen LogP contribution in [0.5, 0.6) is 0 Å². The zero-order valence-corrected chi connectivity index (χ0v) is 13.3. The van der Waals surface area contributed by atoms with Crippen LogP contribution in [0, 0.1) is 0 Å². The first kappa shape index (κ1) is 15.1. The molecule has 1 heterocycles. The summed E-state index contributed by atoms with van der Waals surface area (Å²) in [6.45, 7) is 0.109. The highest BCUT2D eigenvalue weighted by atomic mass is 35.5. The standard InChI is InChI=1S/C11H8Cl3NO2S2/c12-8-3-7(4-9(13)5-8)6-15-19(16,17)11-2-1-10(14)18-11/h1-5,15H,6H2. The maximum atomic E-state index is 12.0. The molecule has 0 aliphatic carbocycles. The van der Waals surface area contributed by atoms with Gasteiger partial charge in [-0.3, -0.25) is 0 Å². The molecule has 102 valence electrons. The summed E-state index contributed by atoms with van der Waals surface area (Å²) in [6, 6.07) is 7.88. The van der Waals surface area contributed by atoms with Crippen molar-refractivity contribution in [3.05, 3.63) is 50.3 Å². The largest absolute Gasteiger partial charge is 0.250 e. The van der Waals surface area contributed by atoms with Crippen LogP contribution < -0.4 is 4.72 Å². The average molecular weight is 357 g/mol. The highest BCUT2D eigenvalue weighted by Crippen LogP contribution is 2.25. The number of halogens is 3. The molecular formula is C11H8Cl3NO2S2. The van der Waals surface area contributed by atoms with Crippen molar-refractivity contribution in [2.24, 2.45) is 0 Å². The van der Waals surface area contributed by atoms with E-state index in [4.69, 9.17) is 34.8 Å². The molecule has 0 fully saturated rings. The van der Waals surface area contributed by atoms with Gasteiger partial charge in [0.2, 0.25) is 10.0 Å². The van der Waals surface area contributed by atoms with Gasteiger partial charge in [-0.2, -0.15) is 0 Å². The summed E-state index contributed by atoms with van der Waals surface area (Å²) in [5.41, 5.74) is 0.684. The zero-order valence-electron chi connectivity index (χ0n) is 9.36. The van der Waals surface area contributed by atoms with E-state index in [0.29, 0.717) is 19.9 Å². The fourth-order valence-electron chi connectivity index (χ4n) is 1.40. The summed E-state index contributed by atoms with van der Waals surface area (Å²) in [7, 11) is -3.57. The molecule has 1 aromatic carbocycles. The zero-order chi connectivity index (χ0) is 14.0. The van der Waals surface area contributed by atoms with Crippen molar-refractivity contribution in [1.82, 2.24) is 4.72 Å². The molecule has 0 amide bonds. The molecule has 2 aromatic rings. The summed E-state index contributed by atoms with van der Waals surface area (Å²) in [5, 5.41) is 0.918. The lowest BCUT2D eigenvalue weighted by Gasteiger charge is -2.06. The minimum Gasteiger partial charge on any atom is -0.206 e. The first-order chi connectivity index (χ1) is 8.87. The number of rotatable bonds is 4. The van der Waals surface area contributed by atoms with Gasteiger partial charge in [0.15, 0.2) is 0 Å². The molecule has 1 aromatic heterocycles. The second-order valence-corrected chi connectivity index (χ2v) is 8.24. The molecule has 8 heteroatoms. The molecule has 0 radical (unpaired) electrons. The van der Waals surface area contributed by atoms with Crippen molar-refractivity contribution in [2.45, 2.75) is 10.8 Å². The van der Waals surface area contributed by atoms with Gasteiger partial charge in [-0.1, -0.05) is 34.8 Å². The van der Waals surface area contributed by atoms with Crippen molar-refractivity contribution in [3.63, 3.8) is 0 Å². The van der Waals surface area contributed by atoms with Crippen LogP contribution >= 0.6 is 46.1 Å². The molecule has 0 atom stereocenters. The van der Waals surface area contributed by atoms with E-state index in [9.17, 15) is 8.42 Å². The molecule has 19 heavy (non-hydrogen) atoms. The minimum atomic E-state index is -3.57. The Balaban J connectivity index is 2.14. The molecule has 0 saturated carbocycles. The van der Waals surface area contributed by atoms with E-state index in [1.54, 1.807) is 18.2 Å². The highest BCUT2D eigenvalue weighted by Gasteiger charge is 2.16. The van der Waals surface area contributed by atoms with Crippen molar-refractivity contribution < 1.29 is 8.42 Å². The van der Waals surface area contributed by atoms with Crippen LogP contribution in [-0.4, -0.2) is 8.42 Å². The summed E-state index contributed by atoms with van der Waals surface area (Å²) in [5.74, 6) is 0. The van der Waals surface area contributed by atoms with Crippen molar-refractivity contribution >= 4 is 56.2 Å². The van der Waals surface area contributed by atoms with Crippen molar-refractivity contribution in [2.75, 3.05) is 0 Å². The van der Waals surface area contributed by atoms with E-state index in [2.05, 4.69) is 4.72 Å². The molecule has 0 saturated heterocycles. The second kappa shape index (κ2) is 5.99. The van der Waals surface area contributed by atoms with Gasteiger partial charge in [-0.25, -0.2) is 13.1 Å². The van der Waals surface area contributed by atoms with Gasteiger partial charge < -0.3 is 0 Å². The Labute approximate surface area is 130 Å². The molecule has 3 nitrogen and oxygen atoms in total. The number of hydrogen-bond donors (Lipinski definition) is 1. The van der Waals surface area contributed by atoms with Crippen molar-refractivity contribution in [1.29, 1.82) is 0 Å². The maximum Gasteiger partial charge on any atom is 0.250 e. The molecule has 0 spiro atoms. The molecule has 0 aliphatic heterocycles. The first-order valence-corrected chi connectivity index (χ1v) is 8.50. The molecular weight excluding hydrogens is 349 g/mol. The normalized spacial score (nSPS) is 11.7. The fraction of sp³-hybridized carbons (Fsp3) is 0.0909. The average Bonchev–Trinajstić information content (AvgIpc) is 2.73. The first-order valence-electron chi connectivity index (χ1n) is 5.07. The predicted molar refractivity (Wildman–Crippen MR) is 79.8 cm³/mol. The van der Waals surface area contributed by atoms with Gasteiger partial charge in [-0.05, 0) is 35.9 Å². The third-order valence-electron chi connectivity index (χ3n) is 2.20. The van der Waals surface area contributed by atoms with Gasteiger partial charge in [0.25, 0.3) is 0 Å². The lowest BCUT2D eigenvalue weighted by Crippen LogP contribution is -2.22. The van der Waals surface area contributed by atoms with Gasteiger partial charge in [-0.15, -0.1) is 11.3 Å². The van der Waals surface area contributed by atoms with Crippen LogP contribution in [0.4, 0.5) is 0 Å². The number of nitrogens with one attached hydrogen (secondary N) is 1. The quantitative estimate of drug-likeness (QED) is 0.893. The smallest absolute Gasteiger partial charge is 0.206 e. The van der Waals surface area contributed by atoms with Crippen molar-refractivity contribution in [3.8, 4) is 0 Å². The number of benzene rings is 1. The Morgan fingerprint density at radius 2 is 1.68 bits per heavy atom. The van der Waals surface area contributed by atoms with Crippen LogP contribution in [0.1, 0.15) is 5.56 Å². The second-order valence-electron chi connectivity index (χ2n) is 3.66. The summed E-state index contributed by atoms with van der Waals surface area (Å²) in [6.07, 6.45) is 0. The van der Waals surface area contributed by atoms with Crippen LogP contribution in [0.3, 0.4) is 0 Å². The summed E-state index contributed by atoms with van der Waals surface area (Å²) in [4.78, 5) is 0. The Bertz CT molecular complexity index is 677. The third kappa shape index (κ3) is 4.08. The van der Waals surface area contributed by atoms with E-state index >= 15 is 0 Å². The molecule has 1 N–H and O–H groups in total. The SMILES string of the molecule is O=S(=O)(NCc1cc(Cl)cc(Cl)c1)c1ccc(Cl)s1. The lowest BCUT2D eigenvalue weighted by atomic mass is 10.2. The van der Waals surface area contributed by atoms with Gasteiger partial charge >= 0.3 is 0 Å². The Kier molecular flexibility index (Phi) is 4.76. The molecule has 0 aliphatic rings. The van der Waals surface area contributed by atoms with E-state index in [0.717, 1.165) is 11.3 Å². The van der Waals surface area contributed by atoms with Crippen LogP contribution in [0.2, 0.25) is 14.4 Å².